The molecule has 0 aliphatic heterocycles. The zero-order valence-corrected chi connectivity index (χ0v) is 15.4. The Balaban J connectivity index is 3.13. The molecule has 1 aromatic rings. The second-order valence-corrected chi connectivity index (χ2v) is 8.04. The molecule has 0 bridgehead atoms. The second kappa shape index (κ2) is 8.60. The first-order valence-electron chi connectivity index (χ1n) is 6.51. The van der Waals surface area contributed by atoms with Gasteiger partial charge in [-0.25, -0.2) is 13.1 Å². The van der Waals surface area contributed by atoms with Crippen LogP contribution in [0.5, 0.6) is 0 Å². The Morgan fingerprint density at radius 2 is 2.00 bits per heavy atom. The standard InChI is InChI=1S/C13H20Cl2N2O2S2/c1-4-16-7-10-5-11(14)6-12(13(10)15)21(18,19)17-9(2)8-20-3/h5-6,9,16-17H,4,7-8H2,1-3H3. The van der Waals surface area contributed by atoms with Crippen LogP contribution < -0.4 is 10.0 Å². The first-order valence-corrected chi connectivity index (χ1v) is 10.1. The highest BCUT2D eigenvalue weighted by Crippen LogP contribution is 2.29. The molecule has 0 aliphatic rings. The number of benzene rings is 1. The van der Waals surface area contributed by atoms with E-state index in [-0.39, 0.29) is 16.0 Å². The first kappa shape index (κ1) is 19.1. The Labute approximate surface area is 141 Å². The third-order valence-corrected chi connectivity index (χ3v) is 5.93. The lowest BCUT2D eigenvalue weighted by atomic mass is 10.2. The van der Waals surface area contributed by atoms with Crippen LogP contribution in [0.4, 0.5) is 0 Å². The summed E-state index contributed by atoms with van der Waals surface area (Å²) in [5, 5.41) is 3.67. The summed E-state index contributed by atoms with van der Waals surface area (Å²) in [6.45, 7) is 5.00. The van der Waals surface area contributed by atoms with E-state index in [1.165, 1.54) is 6.07 Å². The van der Waals surface area contributed by atoms with E-state index >= 15 is 0 Å². The summed E-state index contributed by atoms with van der Waals surface area (Å²) in [6, 6.07) is 2.88. The molecule has 120 valence electrons. The van der Waals surface area contributed by atoms with Crippen LogP contribution in [0.1, 0.15) is 19.4 Å². The fourth-order valence-electron chi connectivity index (χ4n) is 1.81. The van der Waals surface area contributed by atoms with Gasteiger partial charge in [-0.3, -0.25) is 0 Å². The molecule has 1 rings (SSSR count). The minimum Gasteiger partial charge on any atom is -0.313 e. The zero-order chi connectivity index (χ0) is 16.0. The number of hydrogen-bond acceptors (Lipinski definition) is 4. The SMILES string of the molecule is CCNCc1cc(Cl)cc(S(=O)(=O)NC(C)CSC)c1Cl. The molecule has 1 atom stereocenters. The molecule has 4 nitrogen and oxygen atoms in total. The van der Waals surface area contributed by atoms with Crippen LogP contribution in [0, 0.1) is 0 Å². The highest BCUT2D eigenvalue weighted by molar-refractivity contribution is 7.98. The van der Waals surface area contributed by atoms with Gasteiger partial charge in [0.1, 0.15) is 4.90 Å². The fraction of sp³-hybridized carbons (Fsp3) is 0.538. The maximum atomic E-state index is 12.4. The van der Waals surface area contributed by atoms with Gasteiger partial charge in [-0.05, 0) is 37.4 Å². The highest BCUT2D eigenvalue weighted by atomic mass is 35.5. The molecular formula is C13H20Cl2N2O2S2. The molecule has 0 amide bonds. The molecule has 0 saturated carbocycles. The number of rotatable bonds is 8. The molecule has 21 heavy (non-hydrogen) atoms. The molecule has 2 N–H and O–H groups in total. The third-order valence-electron chi connectivity index (χ3n) is 2.71. The lowest BCUT2D eigenvalue weighted by Crippen LogP contribution is -2.34. The van der Waals surface area contributed by atoms with Crippen LogP contribution >= 0.6 is 35.0 Å². The molecule has 0 fully saturated rings. The van der Waals surface area contributed by atoms with Gasteiger partial charge in [-0.1, -0.05) is 30.1 Å². The normalized spacial score (nSPS) is 13.4. The smallest absolute Gasteiger partial charge is 0.242 e. The van der Waals surface area contributed by atoms with Crippen molar-refractivity contribution in [2.45, 2.75) is 31.3 Å². The third kappa shape index (κ3) is 5.62. The predicted molar refractivity (Wildman–Crippen MR) is 92.0 cm³/mol. The molecule has 0 aliphatic carbocycles. The molecule has 1 unspecified atom stereocenters. The summed E-state index contributed by atoms with van der Waals surface area (Å²) in [5.74, 6) is 0.682. The van der Waals surface area contributed by atoms with Crippen molar-refractivity contribution in [3.05, 3.63) is 27.7 Å². The van der Waals surface area contributed by atoms with E-state index in [1.54, 1.807) is 17.8 Å². The van der Waals surface area contributed by atoms with Gasteiger partial charge in [0.15, 0.2) is 0 Å². The van der Waals surface area contributed by atoms with Crippen molar-refractivity contribution < 1.29 is 8.42 Å². The van der Waals surface area contributed by atoms with Gasteiger partial charge >= 0.3 is 0 Å². The van der Waals surface area contributed by atoms with Crippen LogP contribution in [-0.2, 0) is 16.6 Å². The Bertz CT molecular complexity index is 580. The summed E-state index contributed by atoms with van der Waals surface area (Å²) in [4.78, 5) is 0.0255. The minimum absolute atomic E-state index is 0.0255. The summed E-state index contributed by atoms with van der Waals surface area (Å²) < 4.78 is 27.5. The van der Waals surface area contributed by atoms with Crippen molar-refractivity contribution >= 4 is 45.0 Å². The number of sulfonamides is 1. The van der Waals surface area contributed by atoms with Gasteiger partial charge in [0.05, 0.1) is 5.02 Å². The Kier molecular flexibility index (Phi) is 7.81. The van der Waals surface area contributed by atoms with E-state index in [0.29, 0.717) is 22.9 Å². The van der Waals surface area contributed by atoms with E-state index in [0.717, 1.165) is 6.54 Å². The Morgan fingerprint density at radius 1 is 1.33 bits per heavy atom. The molecular weight excluding hydrogens is 351 g/mol. The molecule has 1 aromatic carbocycles. The van der Waals surface area contributed by atoms with Gasteiger partial charge in [0.25, 0.3) is 0 Å². The van der Waals surface area contributed by atoms with Crippen molar-refractivity contribution in [2.24, 2.45) is 0 Å². The predicted octanol–water partition coefficient (Wildman–Crippen LogP) is 3.13. The van der Waals surface area contributed by atoms with Crippen molar-refractivity contribution in [3.8, 4) is 0 Å². The number of thioether (sulfide) groups is 1. The van der Waals surface area contributed by atoms with Gasteiger partial charge in [0.2, 0.25) is 10.0 Å². The van der Waals surface area contributed by atoms with Gasteiger partial charge in [0, 0.05) is 23.4 Å². The van der Waals surface area contributed by atoms with Gasteiger partial charge in [-0.2, -0.15) is 11.8 Å². The molecule has 0 heterocycles. The van der Waals surface area contributed by atoms with E-state index in [4.69, 9.17) is 23.2 Å². The van der Waals surface area contributed by atoms with E-state index in [9.17, 15) is 8.42 Å². The van der Waals surface area contributed by atoms with Crippen molar-refractivity contribution in [2.75, 3.05) is 18.6 Å². The van der Waals surface area contributed by atoms with Crippen molar-refractivity contribution in [1.82, 2.24) is 10.0 Å². The topological polar surface area (TPSA) is 58.2 Å². The highest BCUT2D eigenvalue weighted by Gasteiger charge is 2.22. The molecule has 0 spiro atoms. The van der Waals surface area contributed by atoms with E-state index < -0.39 is 10.0 Å². The van der Waals surface area contributed by atoms with Crippen LogP contribution in [-0.4, -0.2) is 33.0 Å². The number of hydrogen-bond donors (Lipinski definition) is 2. The van der Waals surface area contributed by atoms with Gasteiger partial charge < -0.3 is 5.32 Å². The molecule has 8 heteroatoms. The monoisotopic (exact) mass is 370 g/mol. The summed E-state index contributed by atoms with van der Waals surface area (Å²) in [6.07, 6.45) is 1.92. The summed E-state index contributed by atoms with van der Waals surface area (Å²) >= 11 is 13.8. The van der Waals surface area contributed by atoms with E-state index in [2.05, 4.69) is 10.0 Å². The average molecular weight is 371 g/mol. The zero-order valence-electron chi connectivity index (χ0n) is 12.2. The lowest BCUT2D eigenvalue weighted by molar-refractivity contribution is 0.571. The van der Waals surface area contributed by atoms with Crippen LogP contribution in [0.25, 0.3) is 0 Å². The van der Waals surface area contributed by atoms with Crippen molar-refractivity contribution in [1.29, 1.82) is 0 Å². The maximum Gasteiger partial charge on any atom is 0.242 e. The molecule has 0 radical (unpaired) electrons. The quantitative estimate of drug-likeness (QED) is 0.737. The Hall–Kier alpha value is 0.0200. The van der Waals surface area contributed by atoms with E-state index in [1.807, 2.05) is 20.1 Å². The Morgan fingerprint density at radius 3 is 2.57 bits per heavy atom. The minimum atomic E-state index is -3.69. The lowest BCUT2D eigenvalue weighted by Gasteiger charge is -2.16. The van der Waals surface area contributed by atoms with Crippen molar-refractivity contribution in [3.63, 3.8) is 0 Å². The largest absolute Gasteiger partial charge is 0.313 e. The average Bonchev–Trinajstić information content (AvgIpc) is 2.38. The van der Waals surface area contributed by atoms with Gasteiger partial charge in [-0.15, -0.1) is 0 Å². The number of nitrogens with one attached hydrogen (secondary N) is 2. The fourth-order valence-corrected chi connectivity index (χ4v) is 4.68. The number of halogens is 2. The summed E-state index contributed by atoms with van der Waals surface area (Å²) in [7, 11) is -3.69. The maximum absolute atomic E-state index is 12.4. The second-order valence-electron chi connectivity index (χ2n) is 4.64. The molecule has 0 aromatic heterocycles. The van der Waals surface area contributed by atoms with Crippen LogP contribution in [0.2, 0.25) is 10.0 Å². The van der Waals surface area contributed by atoms with Crippen LogP contribution in [0.3, 0.4) is 0 Å². The summed E-state index contributed by atoms with van der Waals surface area (Å²) in [5.41, 5.74) is 0.670. The van der Waals surface area contributed by atoms with Crippen LogP contribution in [0.15, 0.2) is 17.0 Å². The first-order chi connectivity index (χ1) is 9.81. The molecule has 0 saturated heterocycles.